The van der Waals surface area contributed by atoms with Gasteiger partial charge in [-0.25, -0.2) is 9.59 Å². The molecule has 23 heavy (non-hydrogen) atoms. The highest BCUT2D eigenvalue weighted by molar-refractivity contribution is 5.39. The minimum absolute atomic E-state index is 0.188. The molecule has 3 aromatic rings. The number of aromatic nitrogens is 4. The molecule has 2 heterocycles. The SMILES string of the molecule is O=c1[nH]cc(C(c2ccccc2)c2c[nH]c(=O)[nH]c2=O)c(=O)[nH]1. The van der Waals surface area contributed by atoms with Crippen molar-refractivity contribution in [2.24, 2.45) is 0 Å². The lowest BCUT2D eigenvalue weighted by molar-refractivity contribution is 0.858. The van der Waals surface area contributed by atoms with Gasteiger partial charge in [0.15, 0.2) is 0 Å². The molecule has 0 saturated carbocycles. The summed E-state index contributed by atoms with van der Waals surface area (Å²) in [6.45, 7) is 0. The summed E-state index contributed by atoms with van der Waals surface area (Å²) in [4.78, 5) is 55.8. The number of benzene rings is 1. The first-order chi connectivity index (χ1) is 11.1. The van der Waals surface area contributed by atoms with Crippen LogP contribution < -0.4 is 22.5 Å². The third-order valence-corrected chi connectivity index (χ3v) is 3.45. The molecule has 8 nitrogen and oxygen atoms in total. The van der Waals surface area contributed by atoms with Gasteiger partial charge in [-0.15, -0.1) is 0 Å². The second kappa shape index (κ2) is 5.76. The number of hydrogen-bond donors (Lipinski definition) is 4. The molecule has 0 fully saturated rings. The smallest absolute Gasteiger partial charge is 0.314 e. The Bertz CT molecular complexity index is 992. The Labute approximate surface area is 127 Å². The van der Waals surface area contributed by atoms with Crippen LogP contribution in [-0.2, 0) is 0 Å². The standard InChI is InChI=1S/C15H12N4O4/c20-12-9(6-16-14(22)18-12)11(8-4-2-1-3-5-8)10-7-17-15(23)19-13(10)21/h1-7,11H,(H2,16,18,20,22)(H2,17,19,21,23). The van der Waals surface area contributed by atoms with Crippen LogP contribution in [0.25, 0.3) is 0 Å². The van der Waals surface area contributed by atoms with Crippen LogP contribution >= 0.6 is 0 Å². The first kappa shape index (κ1) is 14.5. The monoisotopic (exact) mass is 312 g/mol. The maximum absolute atomic E-state index is 12.1. The van der Waals surface area contributed by atoms with Gasteiger partial charge in [-0.2, -0.15) is 0 Å². The molecule has 0 radical (unpaired) electrons. The second-order valence-corrected chi connectivity index (χ2v) is 4.90. The van der Waals surface area contributed by atoms with Crippen LogP contribution in [0, 0.1) is 0 Å². The largest absolute Gasteiger partial charge is 0.325 e. The zero-order chi connectivity index (χ0) is 16.4. The number of hydrogen-bond acceptors (Lipinski definition) is 4. The molecule has 3 rings (SSSR count). The molecule has 116 valence electrons. The van der Waals surface area contributed by atoms with Gasteiger partial charge in [0.05, 0.1) is 0 Å². The third kappa shape index (κ3) is 2.82. The summed E-state index contributed by atoms with van der Waals surface area (Å²) in [5.41, 5.74) is -1.44. The molecular weight excluding hydrogens is 300 g/mol. The predicted octanol–water partition coefficient (Wildman–Crippen LogP) is -0.380. The van der Waals surface area contributed by atoms with Crippen molar-refractivity contribution in [3.8, 4) is 0 Å². The summed E-state index contributed by atoms with van der Waals surface area (Å²) in [6, 6.07) is 8.83. The fourth-order valence-electron chi connectivity index (χ4n) is 2.44. The lowest BCUT2D eigenvalue weighted by atomic mass is 9.88. The van der Waals surface area contributed by atoms with Gasteiger partial charge < -0.3 is 9.97 Å². The Morgan fingerprint density at radius 1 is 0.696 bits per heavy atom. The van der Waals surface area contributed by atoms with Crippen molar-refractivity contribution in [2.45, 2.75) is 5.92 Å². The van der Waals surface area contributed by atoms with E-state index in [-0.39, 0.29) is 11.1 Å². The van der Waals surface area contributed by atoms with Crippen molar-refractivity contribution >= 4 is 0 Å². The van der Waals surface area contributed by atoms with Gasteiger partial charge in [0.2, 0.25) is 0 Å². The summed E-state index contributed by atoms with van der Waals surface area (Å²) >= 11 is 0. The predicted molar refractivity (Wildman–Crippen MR) is 82.8 cm³/mol. The molecule has 0 saturated heterocycles. The Hall–Kier alpha value is -3.42. The number of H-pyrrole nitrogens is 4. The van der Waals surface area contributed by atoms with Crippen LogP contribution in [0.4, 0.5) is 0 Å². The molecule has 0 atom stereocenters. The molecule has 0 aliphatic carbocycles. The molecule has 0 aliphatic heterocycles. The van der Waals surface area contributed by atoms with E-state index in [9.17, 15) is 19.2 Å². The Balaban J connectivity index is 2.31. The summed E-state index contributed by atoms with van der Waals surface area (Å²) < 4.78 is 0. The highest BCUT2D eigenvalue weighted by Crippen LogP contribution is 2.26. The summed E-state index contributed by atoms with van der Waals surface area (Å²) in [7, 11) is 0. The number of rotatable bonds is 3. The quantitative estimate of drug-likeness (QED) is 0.525. The zero-order valence-electron chi connectivity index (χ0n) is 11.8. The number of nitrogens with one attached hydrogen (secondary N) is 4. The van der Waals surface area contributed by atoms with E-state index in [4.69, 9.17) is 0 Å². The summed E-state index contributed by atoms with van der Waals surface area (Å²) in [5, 5.41) is 0. The van der Waals surface area contributed by atoms with Crippen molar-refractivity contribution in [3.63, 3.8) is 0 Å². The molecule has 2 aromatic heterocycles. The van der Waals surface area contributed by atoms with E-state index in [0.717, 1.165) is 0 Å². The minimum atomic E-state index is -0.739. The molecule has 4 N–H and O–H groups in total. The molecular formula is C15H12N4O4. The van der Waals surface area contributed by atoms with Crippen LogP contribution in [-0.4, -0.2) is 19.9 Å². The Kier molecular flexibility index (Phi) is 3.63. The van der Waals surface area contributed by atoms with Crippen molar-refractivity contribution in [3.05, 3.63) is 101 Å². The lowest BCUT2D eigenvalue weighted by Crippen LogP contribution is -2.31. The fourth-order valence-corrected chi connectivity index (χ4v) is 2.44. The van der Waals surface area contributed by atoms with Gasteiger partial charge in [0.25, 0.3) is 11.1 Å². The fraction of sp³-hybridized carbons (Fsp3) is 0.0667. The van der Waals surface area contributed by atoms with Crippen molar-refractivity contribution in [2.75, 3.05) is 0 Å². The van der Waals surface area contributed by atoms with E-state index in [2.05, 4.69) is 19.9 Å². The van der Waals surface area contributed by atoms with Crippen LogP contribution in [0.2, 0.25) is 0 Å². The van der Waals surface area contributed by atoms with Crippen LogP contribution in [0.1, 0.15) is 22.6 Å². The van der Waals surface area contributed by atoms with Gasteiger partial charge in [0.1, 0.15) is 0 Å². The average Bonchev–Trinajstić information content (AvgIpc) is 2.52. The van der Waals surface area contributed by atoms with E-state index in [1.165, 1.54) is 12.4 Å². The average molecular weight is 312 g/mol. The molecule has 0 unspecified atom stereocenters. The Morgan fingerprint density at radius 2 is 1.17 bits per heavy atom. The van der Waals surface area contributed by atoms with E-state index in [1.807, 2.05) is 0 Å². The van der Waals surface area contributed by atoms with E-state index >= 15 is 0 Å². The van der Waals surface area contributed by atoms with E-state index in [0.29, 0.717) is 5.56 Å². The van der Waals surface area contributed by atoms with Gasteiger partial charge in [-0.05, 0) is 5.56 Å². The number of aromatic amines is 4. The van der Waals surface area contributed by atoms with Gasteiger partial charge >= 0.3 is 11.4 Å². The molecule has 0 spiro atoms. The molecule has 0 bridgehead atoms. The summed E-state index contributed by atoms with van der Waals surface area (Å²) in [6.07, 6.45) is 2.53. The van der Waals surface area contributed by atoms with Crippen molar-refractivity contribution in [1.82, 2.24) is 19.9 Å². The van der Waals surface area contributed by atoms with Crippen LogP contribution in [0.5, 0.6) is 0 Å². The molecule has 0 aliphatic rings. The van der Waals surface area contributed by atoms with Gasteiger partial charge in [-0.1, -0.05) is 30.3 Å². The minimum Gasteiger partial charge on any atom is -0.314 e. The van der Waals surface area contributed by atoms with Gasteiger partial charge in [-0.3, -0.25) is 19.6 Å². The van der Waals surface area contributed by atoms with E-state index in [1.54, 1.807) is 30.3 Å². The Morgan fingerprint density at radius 3 is 1.61 bits per heavy atom. The lowest BCUT2D eigenvalue weighted by Gasteiger charge is -2.16. The summed E-state index contributed by atoms with van der Waals surface area (Å²) in [5.74, 6) is -0.739. The maximum Gasteiger partial charge on any atom is 0.325 e. The van der Waals surface area contributed by atoms with Crippen molar-refractivity contribution < 1.29 is 0 Å². The highest BCUT2D eigenvalue weighted by atomic mass is 16.2. The molecule has 8 heteroatoms. The van der Waals surface area contributed by atoms with Crippen LogP contribution in [0.3, 0.4) is 0 Å². The van der Waals surface area contributed by atoms with E-state index < -0.39 is 28.4 Å². The van der Waals surface area contributed by atoms with Gasteiger partial charge in [0, 0.05) is 29.4 Å². The topological polar surface area (TPSA) is 131 Å². The maximum atomic E-state index is 12.1. The first-order valence-corrected chi connectivity index (χ1v) is 6.75. The third-order valence-electron chi connectivity index (χ3n) is 3.45. The second-order valence-electron chi connectivity index (χ2n) is 4.90. The molecule has 0 amide bonds. The normalized spacial score (nSPS) is 10.8. The van der Waals surface area contributed by atoms with Crippen LogP contribution in [0.15, 0.2) is 61.9 Å². The van der Waals surface area contributed by atoms with Crippen molar-refractivity contribution in [1.29, 1.82) is 0 Å². The first-order valence-electron chi connectivity index (χ1n) is 6.75. The molecule has 1 aromatic carbocycles. The highest BCUT2D eigenvalue weighted by Gasteiger charge is 2.23. The zero-order valence-corrected chi connectivity index (χ0v) is 11.8.